The fraction of sp³-hybridized carbons (Fsp3) is 0.214. The minimum atomic E-state index is 0.0396. The van der Waals surface area contributed by atoms with Gasteiger partial charge in [-0.3, -0.25) is 24.8 Å². The van der Waals surface area contributed by atoms with Crippen molar-refractivity contribution in [2.75, 3.05) is 13.1 Å². The number of hydrogen-bond acceptors (Lipinski definition) is 8. The van der Waals surface area contributed by atoms with E-state index in [1.54, 1.807) is 13.1 Å². The zero-order chi connectivity index (χ0) is 25.6. The van der Waals surface area contributed by atoms with Crippen molar-refractivity contribution in [1.82, 2.24) is 40.0 Å². The largest absolute Gasteiger partial charge is 0.336 e. The van der Waals surface area contributed by atoms with Crippen LogP contribution in [0.1, 0.15) is 35.0 Å². The molecule has 0 amide bonds. The number of fused-ring (bicyclic) bond motifs is 2. The summed E-state index contributed by atoms with van der Waals surface area (Å²) in [6, 6.07) is 11.8. The number of carbonyl (C=O) groups is 1. The third-order valence-electron chi connectivity index (χ3n) is 6.91. The molecule has 10 heteroatoms. The molecule has 0 unspecified atom stereocenters. The van der Waals surface area contributed by atoms with Gasteiger partial charge in [-0.1, -0.05) is 0 Å². The van der Waals surface area contributed by atoms with Crippen molar-refractivity contribution in [2.45, 2.75) is 26.3 Å². The number of aromatic amines is 2. The van der Waals surface area contributed by atoms with E-state index in [1.807, 2.05) is 42.7 Å². The molecule has 1 aliphatic heterocycles. The first-order valence-corrected chi connectivity index (χ1v) is 13.4. The van der Waals surface area contributed by atoms with Crippen molar-refractivity contribution in [2.24, 2.45) is 0 Å². The number of Topliss-reactive ketones (excluding diaryl/α,β-unsaturated/α-hetero) is 1. The molecule has 0 saturated carbocycles. The molecule has 2 N–H and O–H groups in total. The maximum Gasteiger partial charge on any atom is 0.169 e. The second-order valence-corrected chi connectivity index (χ2v) is 10.7. The van der Waals surface area contributed by atoms with E-state index < -0.39 is 0 Å². The molecule has 0 aliphatic carbocycles. The zero-order valence-electron chi connectivity index (χ0n) is 20.7. The summed E-state index contributed by atoms with van der Waals surface area (Å²) in [5.41, 5.74) is 7.51. The molecule has 6 aromatic rings. The number of likely N-dealkylation sites (tertiary alicyclic amines) is 1. The van der Waals surface area contributed by atoms with Gasteiger partial charge in [0.1, 0.15) is 16.7 Å². The Morgan fingerprint density at radius 2 is 1.87 bits per heavy atom. The number of carbonyl (C=O) groups excluding carboxylic acids is 1. The summed E-state index contributed by atoms with van der Waals surface area (Å²) in [7, 11) is 0. The molecular weight excluding hydrogens is 496 g/mol. The molecule has 0 aromatic carbocycles. The number of H-pyrrole nitrogens is 2. The third kappa shape index (κ3) is 4.07. The second-order valence-electron chi connectivity index (χ2n) is 9.59. The summed E-state index contributed by atoms with van der Waals surface area (Å²) in [6.07, 6.45) is 8.07. The van der Waals surface area contributed by atoms with Crippen molar-refractivity contribution in [1.29, 1.82) is 0 Å². The Bertz CT molecular complexity index is 1810. The Kier molecular flexibility index (Phi) is 5.56. The van der Waals surface area contributed by atoms with Gasteiger partial charge < -0.3 is 4.98 Å². The van der Waals surface area contributed by atoms with E-state index in [-0.39, 0.29) is 5.78 Å². The van der Waals surface area contributed by atoms with Crippen LogP contribution < -0.4 is 0 Å². The molecule has 0 radical (unpaired) electrons. The van der Waals surface area contributed by atoms with Crippen LogP contribution in [0.25, 0.3) is 55.4 Å². The van der Waals surface area contributed by atoms with Crippen LogP contribution in [0.4, 0.5) is 0 Å². The Balaban J connectivity index is 1.27. The molecule has 7 heterocycles. The predicted octanol–water partition coefficient (Wildman–Crippen LogP) is 5.49. The van der Waals surface area contributed by atoms with E-state index in [0.29, 0.717) is 16.4 Å². The first-order valence-electron chi connectivity index (χ1n) is 12.6. The topological polar surface area (TPSA) is 116 Å². The van der Waals surface area contributed by atoms with Crippen LogP contribution in [0.2, 0.25) is 0 Å². The van der Waals surface area contributed by atoms with Crippen molar-refractivity contribution in [3.05, 3.63) is 65.4 Å². The average Bonchev–Trinajstić information content (AvgIpc) is 3.74. The number of ketones is 1. The van der Waals surface area contributed by atoms with Gasteiger partial charge >= 0.3 is 0 Å². The molecule has 7 rings (SSSR count). The number of thiophene rings is 1. The van der Waals surface area contributed by atoms with Gasteiger partial charge in [0, 0.05) is 30.7 Å². The highest BCUT2D eigenvalue weighted by Gasteiger charge is 2.19. The van der Waals surface area contributed by atoms with Gasteiger partial charge in [-0.05, 0) is 74.8 Å². The number of hydrogen-bond donors (Lipinski definition) is 2. The van der Waals surface area contributed by atoms with Crippen LogP contribution in [-0.2, 0) is 6.54 Å². The number of aromatic nitrogens is 7. The van der Waals surface area contributed by atoms with E-state index in [2.05, 4.69) is 36.1 Å². The minimum Gasteiger partial charge on any atom is -0.336 e. The molecule has 0 bridgehead atoms. The Morgan fingerprint density at radius 3 is 2.71 bits per heavy atom. The summed E-state index contributed by atoms with van der Waals surface area (Å²) in [5.74, 6) is 0.646. The van der Waals surface area contributed by atoms with Gasteiger partial charge in [-0.15, -0.1) is 11.3 Å². The van der Waals surface area contributed by atoms with Gasteiger partial charge in [-0.2, -0.15) is 5.10 Å². The monoisotopic (exact) mass is 520 g/mol. The number of rotatable bonds is 6. The van der Waals surface area contributed by atoms with Crippen LogP contribution in [0.15, 0.2) is 55.0 Å². The summed E-state index contributed by atoms with van der Waals surface area (Å²) in [4.78, 5) is 38.2. The minimum absolute atomic E-state index is 0.0396. The van der Waals surface area contributed by atoms with Crippen LogP contribution in [0.3, 0.4) is 0 Å². The van der Waals surface area contributed by atoms with Gasteiger partial charge in [0.15, 0.2) is 17.3 Å². The molecule has 1 aliphatic rings. The molecule has 188 valence electrons. The number of nitrogens with one attached hydrogen (secondary N) is 2. The third-order valence-corrected chi connectivity index (χ3v) is 8.11. The lowest BCUT2D eigenvalue weighted by molar-refractivity contribution is 0.102. The molecule has 6 aromatic heterocycles. The van der Waals surface area contributed by atoms with Gasteiger partial charge in [0.25, 0.3) is 0 Å². The smallest absolute Gasteiger partial charge is 0.169 e. The van der Waals surface area contributed by atoms with Crippen molar-refractivity contribution >= 4 is 39.2 Å². The normalized spacial score (nSPS) is 14.1. The van der Waals surface area contributed by atoms with Gasteiger partial charge in [0.2, 0.25) is 0 Å². The first kappa shape index (κ1) is 22.9. The lowest BCUT2D eigenvalue weighted by Gasteiger charge is -2.14. The van der Waals surface area contributed by atoms with Crippen molar-refractivity contribution in [3.63, 3.8) is 0 Å². The molecule has 0 spiro atoms. The molecule has 9 nitrogen and oxygen atoms in total. The lowest BCUT2D eigenvalue weighted by atomic mass is 10.1. The summed E-state index contributed by atoms with van der Waals surface area (Å²) >= 11 is 1.42. The summed E-state index contributed by atoms with van der Waals surface area (Å²) in [5, 5.41) is 7.63. The molecule has 38 heavy (non-hydrogen) atoms. The molecule has 1 fully saturated rings. The molecule has 0 atom stereocenters. The van der Waals surface area contributed by atoms with Gasteiger partial charge in [-0.25, -0.2) is 9.97 Å². The molecular formula is C28H24N8OS. The quantitative estimate of drug-likeness (QED) is 0.279. The van der Waals surface area contributed by atoms with Crippen LogP contribution in [0, 0.1) is 0 Å². The van der Waals surface area contributed by atoms with Crippen LogP contribution in [-0.4, -0.2) is 58.9 Å². The number of imidazole rings is 1. The van der Waals surface area contributed by atoms with Crippen molar-refractivity contribution < 1.29 is 4.79 Å². The average molecular weight is 521 g/mol. The highest BCUT2D eigenvalue weighted by atomic mass is 32.1. The van der Waals surface area contributed by atoms with Crippen LogP contribution >= 0.6 is 11.3 Å². The maximum atomic E-state index is 11.8. The van der Waals surface area contributed by atoms with Crippen LogP contribution in [0.5, 0.6) is 0 Å². The Morgan fingerprint density at radius 1 is 1.00 bits per heavy atom. The summed E-state index contributed by atoms with van der Waals surface area (Å²) in [6.45, 7) is 4.77. The van der Waals surface area contributed by atoms with E-state index >= 15 is 0 Å². The highest BCUT2D eigenvalue weighted by Crippen LogP contribution is 2.34. The number of pyridine rings is 3. The van der Waals surface area contributed by atoms with Gasteiger partial charge in [0.05, 0.1) is 26.5 Å². The standard InChI is InChI=1S/C28H24N8OS/c1-16(37)22-6-7-23(38-22)26-24-20(8-9-30-26)32-28(33-24)27-25-21(34-35-27)5-4-19(31-25)18-12-17(13-29-14-18)15-36-10-2-3-11-36/h4-9,12-14H,2-3,10-11,15H2,1H3,(H,32,33)(H,34,35). The van der Waals surface area contributed by atoms with E-state index in [9.17, 15) is 4.79 Å². The highest BCUT2D eigenvalue weighted by molar-refractivity contribution is 7.17. The SMILES string of the molecule is CC(=O)c1ccc(-c2nccc3[nH]c(-c4n[nH]c5ccc(-c6cncc(CN7CCCC7)c6)nc45)nc23)s1. The fourth-order valence-electron chi connectivity index (χ4n) is 5.02. The maximum absolute atomic E-state index is 11.8. The van der Waals surface area contributed by atoms with E-state index in [1.165, 1.54) is 29.7 Å². The van der Waals surface area contributed by atoms with E-state index in [4.69, 9.17) is 9.97 Å². The predicted molar refractivity (Wildman–Crippen MR) is 148 cm³/mol. The Hall–Kier alpha value is -4.28. The summed E-state index contributed by atoms with van der Waals surface area (Å²) < 4.78 is 0. The van der Waals surface area contributed by atoms with Crippen molar-refractivity contribution in [3.8, 4) is 33.3 Å². The Labute approximate surface area is 222 Å². The van der Waals surface area contributed by atoms with E-state index in [0.717, 1.165) is 63.5 Å². The first-order chi connectivity index (χ1) is 18.6. The lowest BCUT2D eigenvalue weighted by Crippen LogP contribution is -2.18. The zero-order valence-corrected chi connectivity index (χ0v) is 21.5. The molecule has 1 saturated heterocycles. The number of nitrogens with zero attached hydrogens (tertiary/aromatic N) is 6. The second kappa shape index (κ2) is 9.23. The fourth-order valence-corrected chi connectivity index (χ4v) is 5.92.